The van der Waals surface area contributed by atoms with Crippen LogP contribution in [0, 0.1) is 5.92 Å². The molecule has 0 bridgehead atoms. The van der Waals surface area contributed by atoms with Gasteiger partial charge in [0.05, 0.1) is 11.5 Å². The lowest BCUT2D eigenvalue weighted by atomic mass is 9.94. The summed E-state index contributed by atoms with van der Waals surface area (Å²) >= 11 is 0. The molecule has 1 unspecified atom stereocenters. The Balaban J connectivity index is 1.77. The molecule has 0 aliphatic heterocycles. The van der Waals surface area contributed by atoms with Gasteiger partial charge in [0.1, 0.15) is 0 Å². The van der Waals surface area contributed by atoms with Crippen LogP contribution < -0.4 is 5.32 Å². The molecule has 0 fully saturated rings. The summed E-state index contributed by atoms with van der Waals surface area (Å²) in [4.78, 5) is 24.1. The van der Waals surface area contributed by atoms with E-state index in [0.717, 1.165) is 28.8 Å². The first-order valence-electron chi connectivity index (χ1n) is 10.5. The van der Waals surface area contributed by atoms with Gasteiger partial charge >= 0.3 is 12.1 Å². The number of amides is 1. The van der Waals surface area contributed by atoms with E-state index in [2.05, 4.69) is 5.32 Å². The van der Waals surface area contributed by atoms with Crippen LogP contribution in [-0.4, -0.2) is 23.0 Å². The van der Waals surface area contributed by atoms with Crippen molar-refractivity contribution in [3.05, 3.63) is 95.6 Å². The Morgan fingerprint density at radius 2 is 1.55 bits per heavy atom. The van der Waals surface area contributed by atoms with E-state index < -0.39 is 35.6 Å². The van der Waals surface area contributed by atoms with Gasteiger partial charge in [0.15, 0.2) is 0 Å². The van der Waals surface area contributed by atoms with E-state index in [0.29, 0.717) is 6.42 Å². The van der Waals surface area contributed by atoms with Crippen LogP contribution in [0.15, 0.2) is 78.9 Å². The summed E-state index contributed by atoms with van der Waals surface area (Å²) in [5, 5.41) is 12.0. The molecule has 1 amide bonds. The zero-order valence-corrected chi connectivity index (χ0v) is 18.0. The topological polar surface area (TPSA) is 66.4 Å². The van der Waals surface area contributed by atoms with E-state index in [1.165, 1.54) is 19.1 Å². The quantitative estimate of drug-likeness (QED) is 0.450. The largest absolute Gasteiger partial charge is 0.481 e. The highest BCUT2D eigenvalue weighted by Gasteiger charge is 2.31. The van der Waals surface area contributed by atoms with Gasteiger partial charge in [-0.15, -0.1) is 0 Å². The lowest BCUT2D eigenvalue weighted by Crippen LogP contribution is -2.38. The first-order chi connectivity index (χ1) is 15.6. The average molecular weight is 455 g/mol. The molecule has 0 aliphatic carbocycles. The van der Waals surface area contributed by atoms with Crippen LogP contribution in [0.2, 0.25) is 0 Å². The number of halogens is 3. The Bertz CT molecular complexity index is 1100. The number of hydrogen-bond acceptors (Lipinski definition) is 2. The van der Waals surface area contributed by atoms with E-state index in [1.54, 1.807) is 0 Å². The van der Waals surface area contributed by atoms with Gasteiger partial charge in [0, 0.05) is 11.6 Å². The van der Waals surface area contributed by atoms with Crippen LogP contribution in [0.25, 0.3) is 11.1 Å². The second-order valence-corrected chi connectivity index (χ2v) is 7.99. The second kappa shape index (κ2) is 10.3. The minimum Gasteiger partial charge on any atom is -0.481 e. The molecule has 3 aromatic carbocycles. The molecule has 0 aliphatic rings. The van der Waals surface area contributed by atoms with E-state index in [1.807, 2.05) is 54.6 Å². The Hall–Kier alpha value is -3.61. The number of carbonyl (C=O) groups excluding carboxylic acids is 1. The lowest BCUT2D eigenvalue weighted by Gasteiger charge is -2.21. The van der Waals surface area contributed by atoms with Crippen LogP contribution in [0.5, 0.6) is 0 Å². The summed E-state index contributed by atoms with van der Waals surface area (Å²) < 4.78 is 39.0. The molecule has 0 radical (unpaired) electrons. The number of alkyl halides is 3. The van der Waals surface area contributed by atoms with Gasteiger partial charge < -0.3 is 10.4 Å². The molecule has 0 saturated heterocycles. The second-order valence-electron chi connectivity index (χ2n) is 7.99. The third-order valence-electron chi connectivity index (χ3n) is 5.39. The van der Waals surface area contributed by atoms with Gasteiger partial charge in [-0.25, -0.2) is 0 Å². The van der Waals surface area contributed by atoms with Crippen LogP contribution in [0.4, 0.5) is 13.2 Å². The highest BCUT2D eigenvalue weighted by Crippen LogP contribution is 2.29. The van der Waals surface area contributed by atoms with Gasteiger partial charge in [-0.1, -0.05) is 67.6 Å². The van der Waals surface area contributed by atoms with Crippen LogP contribution in [0.1, 0.15) is 34.8 Å². The fourth-order valence-electron chi connectivity index (χ4n) is 3.57. The molecule has 7 heteroatoms. The smallest absolute Gasteiger partial charge is 0.416 e. The maximum atomic E-state index is 13.0. The number of rotatable bonds is 8. The molecule has 0 saturated carbocycles. The van der Waals surface area contributed by atoms with Crippen molar-refractivity contribution in [3.8, 4) is 11.1 Å². The van der Waals surface area contributed by atoms with Gasteiger partial charge in [-0.3, -0.25) is 9.59 Å². The molecule has 2 N–H and O–H groups in total. The standard InChI is InChI=1S/C26H24F3NO3/c1-17(25(32)33)14-23(30-24(31)21-8-5-9-22(16-21)26(27,28)29)15-18-10-12-20(13-11-18)19-6-3-2-4-7-19/h2-13,16-17,23H,14-15H2,1H3,(H,30,31)(H,32,33)/t17-,23?/m1/s1. The van der Waals surface area contributed by atoms with Gasteiger partial charge in [0.25, 0.3) is 5.91 Å². The number of aliphatic carboxylic acids is 1. The molecule has 3 rings (SSSR count). The molecule has 0 heterocycles. The molecular formula is C26H24F3NO3. The van der Waals surface area contributed by atoms with Gasteiger partial charge in [0.2, 0.25) is 0 Å². The van der Waals surface area contributed by atoms with Crippen molar-refractivity contribution < 1.29 is 27.9 Å². The Morgan fingerprint density at radius 1 is 0.909 bits per heavy atom. The van der Waals surface area contributed by atoms with Crippen LogP contribution in [0.3, 0.4) is 0 Å². The van der Waals surface area contributed by atoms with E-state index in [9.17, 15) is 27.9 Å². The number of hydrogen-bond donors (Lipinski definition) is 2. The maximum Gasteiger partial charge on any atom is 0.416 e. The first-order valence-corrected chi connectivity index (χ1v) is 10.5. The number of carboxylic acid groups (broad SMARTS) is 1. The van der Waals surface area contributed by atoms with E-state index in [4.69, 9.17) is 0 Å². The van der Waals surface area contributed by atoms with Crippen molar-refractivity contribution >= 4 is 11.9 Å². The summed E-state index contributed by atoms with van der Waals surface area (Å²) in [6.07, 6.45) is -4.08. The van der Waals surface area contributed by atoms with Crippen molar-refractivity contribution in [3.63, 3.8) is 0 Å². The van der Waals surface area contributed by atoms with E-state index in [-0.39, 0.29) is 12.0 Å². The van der Waals surface area contributed by atoms with Crippen molar-refractivity contribution in [2.45, 2.75) is 32.0 Å². The molecular weight excluding hydrogens is 431 g/mol. The number of benzene rings is 3. The van der Waals surface area contributed by atoms with Gasteiger partial charge in [-0.2, -0.15) is 13.2 Å². The SMILES string of the molecule is C[C@H](CC(Cc1ccc(-c2ccccc2)cc1)NC(=O)c1cccc(C(F)(F)F)c1)C(=O)O. The Morgan fingerprint density at radius 3 is 2.15 bits per heavy atom. The number of carboxylic acids is 1. The number of carbonyl (C=O) groups is 2. The summed E-state index contributed by atoms with van der Waals surface area (Å²) in [6.45, 7) is 1.53. The average Bonchev–Trinajstić information content (AvgIpc) is 2.79. The monoisotopic (exact) mass is 455 g/mol. The zero-order valence-electron chi connectivity index (χ0n) is 18.0. The summed E-state index contributed by atoms with van der Waals surface area (Å²) in [7, 11) is 0. The van der Waals surface area contributed by atoms with Crippen LogP contribution >= 0.6 is 0 Å². The summed E-state index contributed by atoms with van der Waals surface area (Å²) in [5.74, 6) is -2.42. The summed E-state index contributed by atoms with van der Waals surface area (Å²) in [5.41, 5.74) is 1.90. The van der Waals surface area contributed by atoms with Crippen molar-refractivity contribution in [2.24, 2.45) is 5.92 Å². The van der Waals surface area contributed by atoms with Crippen LogP contribution in [-0.2, 0) is 17.4 Å². The minimum atomic E-state index is -4.56. The fraction of sp³-hybridized carbons (Fsp3) is 0.231. The fourth-order valence-corrected chi connectivity index (χ4v) is 3.57. The Labute approximate surface area is 190 Å². The highest BCUT2D eigenvalue weighted by molar-refractivity contribution is 5.94. The summed E-state index contributed by atoms with van der Waals surface area (Å²) in [6, 6.07) is 21.1. The molecule has 0 aromatic heterocycles. The lowest BCUT2D eigenvalue weighted by molar-refractivity contribution is -0.141. The maximum absolute atomic E-state index is 13.0. The minimum absolute atomic E-state index is 0.128. The molecule has 0 spiro atoms. The Kier molecular flexibility index (Phi) is 7.53. The van der Waals surface area contributed by atoms with E-state index >= 15 is 0 Å². The molecule has 2 atom stereocenters. The van der Waals surface area contributed by atoms with Crippen molar-refractivity contribution in [1.82, 2.24) is 5.32 Å². The third kappa shape index (κ3) is 6.68. The molecule has 4 nitrogen and oxygen atoms in total. The van der Waals surface area contributed by atoms with Crippen molar-refractivity contribution in [2.75, 3.05) is 0 Å². The molecule has 172 valence electrons. The first kappa shape index (κ1) is 24.0. The number of nitrogens with one attached hydrogen (secondary N) is 1. The normalized spacial score (nSPS) is 13.2. The highest BCUT2D eigenvalue weighted by atomic mass is 19.4. The molecule has 33 heavy (non-hydrogen) atoms. The third-order valence-corrected chi connectivity index (χ3v) is 5.39. The van der Waals surface area contributed by atoms with Gasteiger partial charge in [-0.05, 0) is 47.7 Å². The predicted octanol–water partition coefficient (Wildman–Crippen LogP) is 5.82. The zero-order chi connectivity index (χ0) is 24.0. The molecule has 3 aromatic rings. The van der Waals surface area contributed by atoms with Crippen molar-refractivity contribution in [1.29, 1.82) is 0 Å². The predicted molar refractivity (Wildman–Crippen MR) is 120 cm³/mol.